The van der Waals surface area contributed by atoms with Crippen LogP contribution in [0, 0.1) is 6.92 Å². The van der Waals surface area contributed by atoms with Crippen molar-refractivity contribution in [3.8, 4) is 0 Å². The van der Waals surface area contributed by atoms with E-state index in [9.17, 15) is 4.79 Å². The van der Waals surface area contributed by atoms with Crippen LogP contribution < -0.4 is 0 Å². The molecule has 0 spiro atoms. The number of pyridine rings is 1. The van der Waals surface area contributed by atoms with Gasteiger partial charge in [0.15, 0.2) is 5.78 Å². The molecule has 0 atom stereocenters. The Hall–Kier alpha value is -1.22. The van der Waals surface area contributed by atoms with Crippen molar-refractivity contribution in [2.75, 3.05) is 7.11 Å². The third-order valence-electron chi connectivity index (χ3n) is 3.39. The Morgan fingerprint density at radius 3 is 2.56 bits per heavy atom. The molecule has 1 fully saturated rings. The van der Waals surface area contributed by atoms with E-state index in [0.717, 1.165) is 31.4 Å². The molecule has 0 amide bonds. The lowest BCUT2D eigenvalue weighted by Crippen LogP contribution is -2.37. The van der Waals surface area contributed by atoms with E-state index in [-0.39, 0.29) is 5.78 Å². The Kier molecular flexibility index (Phi) is 3.06. The van der Waals surface area contributed by atoms with Crippen LogP contribution in [-0.2, 0) is 4.74 Å². The Morgan fingerprint density at radius 2 is 2.06 bits per heavy atom. The molecular weight excluding hydrogens is 202 g/mol. The minimum absolute atomic E-state index is 0.0833. The molecule has 3 nitrogen and oxygen atoms in total. The van der Waals surface area contributed by atoms with Crippen LogP contribution in [0.2, 0.25) is 0 Å². The number of rotatable bonds is 3. The Bertz CT molecular complexity index is 377. The number of carbonyl (C=O) groups excluding carboxylic acids is 1. The second kappa shape index (κ2) is 4.34. The highest BCUT2D eigenvalue weighted by Gasteiger charge is 2.41. The number of nitrogens with zero attached hydrogens (tertiary/aromatic N) is 1. The monoisotopic (exact) mass is 219 g/mol. The number of aromatic nitrogens is 1. The molecule has 2 rings (SSSR count). The summed E-state index contributed by atoms with van der Waals surface area (Å²) in [6.07, 6.45) is 5.45. The first-order valence-electron chi connectivity index (χ1n) is 5.70. The summed E-state index contributed by atoms with van der Waals surface area (Å²) in [5, 5.41) is 0. The second-order valence-electron chi connectivity index (χ2n) is 4.42. The second-order valence-corrected chi connectivity index (χ2v) is 4.42. The zero-order valence-corrected chi connectivity index (χ0v) is 9.82. The van der Waals surface area contributed by atoms with Gasteiger partial charge in [-0.15, -0.1) is 0 Å². The smallest absolute Gasteiger partial charge is 0.196 e. The average molecular weight is 219 g/mol. The van der Waals surface area contributed by atoms with Crippen molar-refractivity contribution >= 4 is 5.78 Å². The Morgan fingerprint density at radius 1 is 1.38 bits per heavy atom. The molecule has 0 aliphatic heterocycles. The first kappa shape index (κ1) is 11.3. The minimum atomic E-state index is -0.586. The summed E-state index contributed by atoms with van der Waals surface area (Å²) >= 11 is 0. The molecule has 16 heavy (non-hydrogen) atoms. The van der Waals surface area contributed by atoms with Gasteiger partial charge in [-0.05, 0) is 44.7 Å². The molecule has 0 aromatic carbocycles. The molecule has 1 heterocycles. The highest BCUT2D eigenvalue weighted by Crippen LogP contribution is 2.35. The molecule has 3 heteroatoms. The number of ether oxygens (including phenoxy) is 1. The molecule has 0 unspecified atom stereocenters. The SMILES string of the molecule is COC1(C(=O)c2ccc(C)nc2)CCCC1. The van der Waals surface area contributed by atoms with Gasteiger partial charge in [-0.3, -0.25) is 9.78 Å². The van der Waals surface area contributed by atoms with Gasteiger partial charge in [0.05, 0.1) is 0 Å². The van der Waals surface area contributed by atoms with Gasteiger partial charge in [-0.25, -0.2) is 0 Å². The van der Waals surface area contributed by atoms with E-state index in [4.69, 9.17) is 4.74 Å². The first-order chi connectivity index (χ1) is 7.68. The zero-order valence-electron chi connectivity index (χ0n) is 9.82. The number of carbonyl (C=O) groups is 1. The lowest BCUT2D eigenvalue weighted by Gasteiger charge is -2.25. The van der Waals surface area contributed by atoms with Crippen LogP contribution in [0.15, 0.2) is 18.3 Å². The van der Waals surface area contributed by atoms with E-state index in [1.54, 1.807) is 13.3 Å². The molecule has 0 radical (unpaired) electrons. The predicted octanol–water partition coefficient (Wildman–Crippen LogP) is 2.53. The summed E-state index contributed by atoms with van der Waals surface area (Å²) in [5.41, 5.74) is 1.00. The minimum Gasteiger partial charge on any atom is -0.370 e. The molecule has 1 aromatic rings. The van der Waals surface area contributed by atoms with E-state index in [1.807, 2.05) is 19.1 Å². The highest BCUT2D eigenvalue weighted by atomic mass is 16.5. The Labute approximate surface area is 95.8 Å². The normalized spacial score (nSPS) is 18.6. The van der Waals surface area contributed by atoms with E-state index in [2.05, 4.69) is 4.98 Å². The Balaban J connectivity index is 2.26. The van der Waals surface area contributed by atoms with Crippen molar-refractivity contribution in [3.63, 3.8) is 0 Å². The number of methoxy groups -OCH3 is 1. The number of ketones is 1. The maximum absolute atomic E-state index is 12.3. The van der Waals surface area contributed by atoms with E-state index < -0.39 is 5.60 Å². The maximum Gasteiger partial charge on any atom is 0.196 e. The van der Waals surface area contributed by atoms with Gasteiger partial charge < -0.3 is 4.74 Å². The molecule has 1 aliphatic carbocycles. The van der Waals surface area contributed by atoms with Crippen molar-refractivity contribution in [3.05, 3.63) is 29.6 Å². The highest BCUT2D eigenvalue weighted by molar-refractivity contribution is 6.02. The third-order valence-corrected chi connectivity index (χ3v) is 3.39. The van der Waals surface area contributed by atoms with E-state index in [1.165, 1.54) is 0 Å². The molecule has 1 saturated carbocycles. The zero-order chi connectivity index (χ0) is 11.6. The average Bonchev–Trinajstić information content (AvgIpc) is 2.79. The largest absolute Gasteiger partial charge is 0.370 e. The van der Waals surface area contributed by atoms with Crippen LogP contribution in [0.4, 0.5) is 0 Å². The first-order valence-corrected chi connectivity index (χ1v) is 5.70. The van der Waals surface area contributed by atoms with Gasteiger partial charge in [0, 0.05) is 24.6 Å². The molecule has 86 valence electrons. The summed E-state index contributed by atoms with van der Waals surface area (Å²) in [6, 6.07) is 3.70. The van der Waals surface area contributed by atoms with Crippen LogP contribution in [0.25, 0.3) is 0 Å². The van der Waals surface area contributed by atoms with Crippen LogP contribution in [0.3, 0.4) is 0 Å². The quantitative estimate of drug-likeness (QED) is 0.733. The number of Topliss-reactive ketones (excluding diaryl/α,β-unsaturated/α-hetero) is 1. The van der Waals surface area contributed by atoms with Crippen molar-refractivity contribution in [2.45, 2.75) is 38.2 Å². The molecule has 0 bridgehead atoms. The van der Waals surface area contributed by atoms with E-state index >= 15 is 0 Å². The number of hydrogen-bond donors (Lipinski definition) is 0. The van der Waals surface area contributed by atoms with Crippen molar-refractivity contribution in [1.82, 2.24) is 4.98 Å². The fourth-order valence-corrected chi connectivity index (χ4v) is 2.34. The lowest BCUT2D eigenvalue weighted by molar-refractivity contribution is 0.00599. The van der Waals surface area contributed by atoms with Crippen LogP contribution >= 0.6 is 0 Å². The standard InChI is InChI=1S/C13H17NO2/c1-10-5-6-11(9-14-10)12(15)13(16-2)7-3-4-8-13/h5-6,9H,3-4,7-8H2,1-2H3. The summed E-state index contributed by atoms with van der Waals surface area (Å²) in [5.74, 6) is 0.0833. The van der Waals surface area contributed by atoms with E-state index in [0.29, 0.717) is 5.56 Å². The molecule has 1 aromatic heterocycles. The lowest BCUT2D eigenvalue weighted by atomic mass is 9.92. The fraction of sp³-hybridized carbons (Fsp3) is 0.538. The molecule has 0 saturated heterocycles. The van der Waals surface area contributed by atoms with Crippen molar-refractivity contribution in [2.24, 2.45) is 0 Å². The van der Waals surface area contributed by atoms with Gasteiger partial charge in [0.1, 0.15) is 5.60 Å². The predicted molar refractivity (Wildman–Crippen MR) is 61.5 cm³/mol. The molecule has 1 aliphatic rings. The summed E-state index contributed by atoms with van der Waals surface area (Å²) in [7, 11) is 1.63. The van der Waals surface area contributed by atoms with Gasteiger partial charge in [-0.2, -0.15) is 0 Å². The maximum atomic E-state index is 12.3. The van der Waals surface area contributed by atoms with Crippen molar-refractivity contribution < 1.29 is 9.53 Å². The van der Waals surface area contributed by atoms with Gasteiger partial charge in [0.2, 0.25) is 0 Å². The van der Waals surface area contributed by atoms with Crippen LogP contribution in [0.1, 0.15) is 41.7 Å². The topological polar surface area (TPSA) is 39.2 Å². The fourth-order valence-electron chi connectivity index (χ4n) is 2.34. The van der Waals surface area contributed by atoms with Crippen molar-refractivity contribution in [1.29, 1.82) is 0 Å². The van der Waals surface area contributed by atoms with Crippen LogP contribution in [-0.4, -0.2) is 23.5 Å². The van der Waals surface area contributed by atoms with Gasteiger partial charge >= 0.3 is 0 Å². The molecular formula is C13H17NO2. The summed E-state index contributed by atoms with van der Waals surface area (Å²) in [6.45, 7) is 1.91. The molecule has 0 N–H and O–H groups in total. The van der Waals surface area contributed by atoms with Crippen LogP contribution in [0.5, 0.6) is 0 Å². The van der Waals surface area contributed by atoms with Gasteiger partial charge in [0.25, 0.3) is 0 Å². The van der Waals surface area contributed by atoms with Gasteiger partial charge in [-0.1, -0.05) is 0 Å². The summed E-state index contributed by atoms with van der Waals surface area (Å²) in [4.78, 5) is 16.5. The summed E-state index contributed by atoms with van der Waals surface area (Å²) < 4.78 is 5.47. The third kappa shape index (κ3) is 1.87. The number of hydrogen-bond acceptors (Lipinski definition) is 3. The number of aryl methyl sites for hydroxylation is 1.